The summed E-state index contributed by atoms with van der Waals surface area (Å²) in [6.45, 7) is 12.6. The van der Waals surface area contributed by atoms with E-state index in [0.29, 0.717) is 137 Å². The molecular formula is C93H126Cl13N5O9S. The van der Waals surface area contributed by atoms with Crippen molar-refractivity contribution < 1.29 is 43.1 Å². The van der Waals surface area contributed by atoms with Crippen LogP contribution >= 0.6 is 167 Å². The van der Waals surface area contributed by atoms with Crippen LogP contribution in [0, 0.1) is 0 Å². The number of morpholine rings is 1. The maximum absolute atomic E-state index is 11.8. The summed E-state index contributed by atoms with van der Waals surface area (Å²) in [5.74, 6) is 3.40. The first-order valence-corrected chi connectivity index (χ1v) is 47.3. The Kier molecular flexibility index (Phi) is 49.9. The molecule has 14 nitrogen and oxygen atoms in total. The van der Waals surface area contributed by atoms with E-state index in [1.54, 1.807) is 0 Å². The number of benzene rings is 6. The highest BCUT2D eigenvalue weighted by Crippen LogP contribution is 2.38. The molecule has 0 radical (unpaired) electrons. The maximum Gasteiger partial charge on any atom is 0.148 e. The van der Waals surface area contributed by atoms with Gasteiger partial charge in [0.15, 0.2) is 0 Å². The number of ketones is 2. The fraction of sp³-hybridized carbons (Fsp3) is 0.591. The molecule has 121 heavy (non-hydrogen) atoms. The lowest BCUT2D eigenvalue weighted by Gasteiger charge is -2.41. The van der Waals surface area contributed by atoms with Crippen LogP contribution in [0.3, 0.4) is 0 Å². The van der Waals surface area contributed by atoms with Crippen LogP contribution in [0.25, 0.3) is 0 Å². The molecule has 5 aliphatic heterocycles. The van der Waals surface area contributed by atoms with Crippen molar-refractivity contribution in [1.82, 2.24) is 24.5 Å². The van der Waals surface area contributed by atoms with Gasteiger partial charge in [-0.2, -0.15) is 0 Å². The van der Waals surface area contributed by atoms with Crippen LogP contribution < -0.4 is 0 Å². The van der Waals surface area contributed by atoms with Crippen LogP contribution in [0.5, 0.6) is 0 Å². The average Bonchev–Trinajstić information content (AvgIpc) is 1.40. The van der Waals surface area contributed by atoms with E-state index in [4.69, 9.17) is 121 Å². The first-order valence-electron chi connectivity index (χ1n) is 43.1. The van der Waals surface area contributed by atoms with Gasteiger partial charge in [0.25, 0.3) is 0 Å². The average molecular weight is 1950 g/mol. The molecule has 6 aromatic carbocycles. The Morgan fingerprint density at radius 2 is 0.702 bits per heavy atom. The van der Waals surface area contributed by atoms with Crippen LogP contribution in [-0.2, 0) is 64.1 Å². The van der Waals surface area contributed by atoms with Gasteiger partial charge in [0.2, 0.25) is 0 Å². The highest BCUT2D eigenvalue weighted by atomic mass is 35.5. The number of likely N-dealkylation sites (tertiary alicyclic amines) is 3. The van der Waals surface area contributed by atoms with Crippen LogP contribution in [-0.4, -0.2) is 212 Å². The van der Waals surface area contributed by atoms with Crippen LogP contribution in [0.1, 0.15) is 187 Å². The fourth-order valence-electron chi connectivity index (χ4n) is 18.9. The summed E-state index contributed by atoms with van der Waals surface area (Å²) in [6, 6.07) is 46.0. The summed E-state index contributed by atoms with van der Waals surface area (Å²) >= 11 is 51.9. The SMILES string of the molecule is Cl.Cl.Cl.Cl.Cl.Clc1cccc(Cl)c1CCOC1CCCC[C@H]1N1CCSC1.Clc1cccc(Cl)c1COC1CCCC[C@H]1N1CCOCC1.O=C1CCN(C2CCCC[C@@H]2OCC(c2ccccc2)c2ccccc2)C1.O=C1CCN([C@@H]2CCCCC2OCc2c(Cl)cccc2Cl)C1.OC1CCN(C2CCCC[C@@H]2OCCc2c(Cl)cccc2Cl)C1. The molecule has 5 aliphatic carbocycles. The zero-order valence-electron chi connectivity index (χ0n) is 69.5. The second-order valence-corrected chi connectivity index (χ2v) is 37.1. The van der Waals surface area contributed by atoms with Gasteiger partial charge in [-0.25, -0.2) is 0 Å². The predicted molar refractivity (Wildman–Crippen MR) is 513 cm³/mol. The number of hydrogen-bond acceptors (Lipinski definition) is 15. The zero-order chi connectivity index (χ0) is 81.0. The van der Waals surface area contributed by atoms with Crippen molar-refractivity contribution in [3.63, 3.8) is 0 Å². The second kappa shape index (κ2) is 56.8. The smallest absolute Gasteiger partial charge is 0.148 e. The Hall–Kier alpha value is -1.70. The van der Waals surface area contributed by atoms with Gasteiger partial charge in [0, 0.05) is 158 Å². The van der Waals surface area contributed by atoms with E-state index in [-0.39, 0.29) is 98.5 Å². The second-order valence-electron chi connectivity index (χ2n) is 32.8. The summed E-state index contributed by atoms with van der Waals surface area (Å²) in [4.78, 5) is 35.5. The number of halogens is 13. The molecule has 5 saturated carbocycles. The van der Waals surface area contributed by atoms with E-state index in [1.807, 2.05) is 84.6 Å². The minimum absolute atomic E-state index is 0. The van der Waals surface area contributed by atoms with Crippen LogP contribution in [0.2, 0.25) is 40.2 Å². The van der Waals surface area contributed by atoms with Gasteiger partial charge < -0.3 is 33.5 Å². The maximum atomic E-state index is 11.8. The largest absolute Gasteiger partial charge is 0.392 e. The highest BCUT2D eigenvalue weighted by molar-refractivity contribution is 7.99. The van der Waals surface area contributed by atoms with Gasteiger partial charge in [0.05, 0.1) is 96.0 Å². The highest BCUT2D eigenvalue weighted by Gasteiger charge is 2.40. The quantitative estimate of drug-likeness (QED) is 0.0617. The van der Waals surface area contributed by atoms with Gasteiger partial charge >= 0.3 is 0 Å². The molecule has 28 heteroatoms. The van der Waals surface area contributed by atoms with E-state index in [0.717, 1.165) is 143 Å². The normalized spacial score (nSPS) is 25.4. The number of ether oxygens (including phenoxy) is 6. The third-order valence-electron chi connectivity index (χ3n) is 25.2. The topological polar surface area (TPSA) is 126 Å². The molecule has 1 N–H and O–H groups in total. The third-order valence-corrected chi connectivity index (χ3v) is 29.0. The molecule has 10 aliphatic rings. The number of aliphatic hydroxyl groups is 1. The monoisotopic (exact) mass is 1940 g/mol. The van der Waals surface area contributed by atoms with E-state index in [1.165, 1.54) is 119 Å². The van der Waals surface area contributed by atoms with Crippen molar-refractivity contribution in [2.45, 2.75) is 246 Å². The van der Waals surface area contributed by atoms with Crippen LogP contribution in [0.15, 0.2) is 133 Å². The molecule has 6 unspecified atom stereocenters. The number of aliphatic hydroxyl groups excluding tert-OH is 1. The number of nitrogens with zero attached hydrogens (tertiary/aromatic N) is 5. The van der Waals surface area contributed by atoms with Gasteiger partial charge in [-0.05, 0) is 154 Å². The lowest BCUT2D eigenvalue weighted by molar-refractivity contribution is -0.118. The summed E-state index contributed by atoms with van der Waals surface area (Å²) in [6.07, 6.45) is 28.9. The summed E-state index contributed by atoms with van der Waals surface area (Å²) in [7, 11) is 0. The number of Topliss-reactive ketones (excluding diaryl/α,β-unsaturated/α-hetero) is 2. The lowest BCUT2D eigenvalue weighted by Crippen LogP contribution is -2.51. The first-order chi connectivity index (χ1) is 56.6. The van der Waals surface area contributed by atoms with Crippen molar-refractivity contribution in [1.29, 1.82) is 0 Å². The summed E-state index contributed by atoms with van der Waals surface area (Å²) in [5.41, 5.74) is 6.33. The zero-order valence-corrected chi connectivity index (χ0v) is 80.4. The fourth-order valence-corrected chi connectivity index (χ4v) is 22.1. The van der Waals surface area contributed by atoms with Crippen molar-refractivity contribution in [2.75, 3.05) is 104 Å². The molecule has 5 saturated heterocycles. The Morgan fingerprint density at radius 3 is 1.05 bits per heavy atom. The first kappa shape index (κ1) is 106. The van der Waals surface area contributed by atoms with E-state index in [2.05, 4.69) is 85.2 Å². The molecular weight excluding hydrogens is 1820 g/mol. The van der Waals surface area contributed by atoms with E-state index in [9.17, 15) is 14.7 Å². The number of thioether (sulfide) groups is 1. The molecule has 0 aromatic heterocycles. The summed E-state index contributed by atoms with van der Waals surface area (Å²) in [5, 5.41) is 15.4. The third kappa shape index (κ3) is 32.4. The predicted octanol–water partition coefficient (Wildman–Crippen LogP) is 23.6. The number of hydrogen-bond donors (Lipinski definition) is 1. The van der Waals surface area contributed by atoms with E-state index >= 15 is 0 Å². The molecule has 10 fully saturated rings. The van der Waals surface area contributed by atoms with Gasteiger partial charge in [0.1, 0.15) is 11.6 Å². The molecule has 11 atom stereocenters. The Labute approximate surface area is 795 Å². The molecule has 6 aromatic rings. The Morgan fingerprint density at radius 1 is 0.364 bits per heavy atom. The molecule has 0 spiro atoms. The number of carbonyl (C=O) groups excluding carboxylic acids is 2. The van der Waals surface area contributed by atoms with E-state index < -0.39 is 0 Å². The minimum atomic E-state index is -0.167. The Bertz CT molecular complexity index is 3850. The minimum Gasteiger partial charge on any atom is -0.392 e. The van der Waals surface area contributed by atoms with Crippen molar-refractivity contribution in [3.8, 4) is 0 Å². The Balaban J connectivity index is 0.000000207. The van der Waals surface area contributed by atoms with Gasteiger partial charge in [-0.15, -0.1) is 73.8 Å². The molecule has 16 rings (SSSR count). The standard InChI is InChI=1S/C24H29NO2.C18H25Cl2NO2.C17H23Cl2NO2.C17H21Cl2NO2.C17H23Cl2NOS.5ClH/c26-21-15-16-25(17-21)23-13-7-8-14-24(23)27-18-22(19-9-3-1-4-10-19)20-11-5-2-6-12-20;19-15-4-3-5-16(20)14(15)9-11-23-18-7-2-1-6-17(18)21-10-8-13(22)12-21;18-14-4-3-5-15(19)13(14)12-22-17-7-2-1-6-16(17)20-8-10-21-11-9-20;18-14-4-3-5-15(19)13(14)11-22-17-7-2-1-6-16(17)20-9-8-12(21)10-20;18-14-4-3-5-15(19)13(14)8-10-21-17-7-2-1-6-16(17)20-9-11-22-12-20;;;;;/h1-6,9-12,22-24H,7-8,13-18H2;3-5,13,17-18,22H,1-2,6-12H2;3-5,16-17H,1-2,6-12H2;3-5,16-17H,1-2,6-11H2;3-5,16-17H,1-2,6-12H2;5*1H/t23?,24-;13?,17?,18-;3*16-,17?;;;;;/m00111...../s1. The van der Waals surface area contributed by atoms with Crippen molar-refractivity contribution >= 4 is 178 Å². The van der Waals surface area contributed by atoms with Crippen molar-refractivity contribution in [2.24, 2.45) is 0 Å². The summed E-state index contributed by atoms with van der Waals surface area (Å²) < 4.78 is 36.9. The molecule has 5 heterocycles. The van der Waals surface area contributed by atoms with Gasteiger partial charge in [-0.1, -0.05) is 242 Å². The van der Waals surface area contributed by atoms with Crippen LogP contribution in [0.4, 0.5) is 0 Å². The molecule has 674 valence electrons. The molecule has 0 amide bonds. The number of β-amino-alcohol motifs (C(OH)–C–C–N with tert-alkyl or cyclic N) is 1. The number of carbonyl (C=O) groups is 2. The lowest BCUT2D eigenvalue weighted by atomic mass is 9.90. The number of rotatable bonds is 24. The van der Waals surface area contributed by atoms with Crippen molar-refractivity contribution in [3.05, 3.63) is 207 Å². The van der Waals surface area contributed by atoms with Gasteiger partial charge in [-0.3, -0.25) is 34.1 Å². The molecule has 0 bridgehead atoms.